The quantitative estimate of drug-likeness (QED) is 0.260. The van der Waals surface area contributed by atoms with Gasteiger partial charge in [-0.25, -0.2) is 0 Å². The second kappa shape index (κ2) is 12.1. The Bertz CT molecular complexity index is 1250. The lowest BCUT2D eigenvalue weighted by Crippen LogP contribution is -2.48. The minimum absolute atomic E-state index is 0.0333. The summed E-state index contributed by atoms with van der Waals surface area (Å²) in [4.78, 5) is 28.4. The number of nitrogens with one attached hydrogen (secondary N) is 1. The average Bonchev–Trinajstić information content (AvgIpc) is 2.91. The topological polar surface area (TPSA) is 82.0 Å². The average molecular weight is 588 g/mol. The smallest absolute Gasteiger partial charge is 0.382 e. The van der Waals surface area contributed by atoms with Crippen molar-refractivity contribution in [3.05, 3.63) is 63.2 Å². The van der Waals surface area contributed by atoms with Crippen LogP contribution < -0.4 is 10.2 Å². The number of hydrogen-bond donors (Lipinski definition) is 1. The van der Waals surface area contributed by atoms with E-state index in [0.29, 0.717) is 69.9 Å². The van der Waals surface area contributed by atoms with E-state index in [-0.39, 0.29) is 24.1 Å². The van der Waals surface area contributed by atoms with E-state index in [4.69, 9.17) is 0 Å². The van der Waals surface area contributed by atoms with Crippen LogP contribution in [0.5, 0.6) is 0 Å². The van der Waals surface area contributed by atoms with Crippen molar-refractivity contribution in [2.75, 3.05) is 56.0 Å². The molecule has 0 spiro atoms. The van der Waals surface area contributed by atoms with Crippen LogP contribution in [0.2, 0.25) is 0 Å². The number of aryl methyl sites for hydroxylation is 1. The largest absolute Gasteiger partial charge is 0.423 e. The van der Waals surface area contributed by atoms with Crippen LogP contribution in [-0.4, -0.2) is 72.5 Å². The highest BCUT2D eigenvalue weighted by molar-refractivity contribution is 5.76. The van der Waals surface area contributed by atoms with Crippen molar-refractivity contribution in [2.24, 2.45) is 0 Å². The van der Waals surface area contributed by atoms with E-state index in [9.17, 15) is 41.3 Å². The molecule has 0 bridgehead atoms. The molecule has 0 aliphatic carbocycles. The highest BCUT2D eigenvalue weighted by Crippen LogP contribution is 2.38. The third-order valence-electron chi connectivity index (χ3n) is 7.49. The van der Waals surface area contributed by atoms with Crippen molar-refractivity contribution < 1.29 is 36.1 Å². The molecule has 14 heteroatoms. The predicted molar refractivity (Wildman–Crippen MR) is 141 cm³/mol. The molecule has 0 aromatic heterocycles. The van der Waals surface area contributed by atoms with Gasteiger partial charge in [-0.05, 0) is 55.7 Å². The number of anilines is 2. The summed E-state index contributed by atoms with van der Waals surface area (Å²) in [5.74, 6) is -0.0333. The second-order valence-electron chi connectivity index (χ2n) is 10.4. The maximum absolute atomic E-state index is 13.3. The number of alkyl halides is 6. The number of hydrogen-bond acceptors (Lipinski definition) is 6. The highest BCUT2D eigenvalue weighted by Gasteiger charge is 2.38. The van der Waals surface area contributed by atoms with Gasteiger partial charge in [0.1, 0.15) is 5.56 Å². The first-order valence-corrected chi connectivity index (χ1v) is 13.3. The van der Waals surface area contributed by atoms with Gasteiger partial charge in [0.2, 0.25) is 5.91 Å². The third-order valence-corrected chi connectivity index (χ3v) is 7.49. The molecule has 224 valence electrons. The number of nitrogens with zero attached hydrogens (tertiary/aromatic N) is 4. The first kappa shape index (κ1) is 30.4. The van der Waals surface area contributed by atoms with Crippen molar-refractivity contribution in [2.45, 2.75) is 44.6 Å². The number of carbonyl (C=O) groups excluding carboxylic acids is 1. The van der Waals surface area contributed by atoms with Gasteiger partial charge in [-0.2, -0.15) is 26.3 Å². The Hall–Kier alpha value is -3.55. The van der Waals surface area contributed by atoms with Gasteiger partial charge in [0.05, 0.1) is 10.5 Å². The normalized spacial score (nSPS) is 17.5. The van der Waals surface area contributed by atoms with Gasteiger partial charge in [-0.1, -0.05) is 0 Å². The number of benzene rings is 2. The van der Waals surface area contributed by atoms with Crippen molar-refractivity contribution >= 4 is 23.0 Å². The van der Waals surface area contributed by atoms with E-state index in [1.54, 1.807) is 17.9 Å². The van der Waals surface area contributed by atoms with Gasteiger partial charge in [0.15, 0.2) is 0 Å². The summed E-state index contributed by atoms with van der Waals surface area (Å²) in [7, 11) is 0. The molecule has 2 fully saturated rings. The van der Waals surface area contributed by atoms with E-state index in [1.165, 1.54) is 12.1 Å². The number of rotatable bonds is 7. The number of carbonyl (C=O) groups is 1. The molecule has 41 heavy (non-hydrogen) atoms. The number of nitro benzene ring substituents is 1. The van der Waals surface area contributed by atoms with Crippen LogP contribution in [0.15, 0.2) is 36.4 Å². The van der Waals surface area contributed by atoms with E-state index in [2.05, 4.69) is 10.2 Å². The van der Waals surface area contributed by atoms with Crippen LogP contribution in [0, 0.1) is 17.0 Å². The second-order valence-corrected chi connectivity index (χ2v) is 10.4. The van der Waals surface area contributed by atoms with Crippen LogP contribution in [0.25, 0.3) is 0 Å². The first-order valence-electron chi connectivity index (χ1n) is 13.3. The van der Waals surface area contributed by atoms with Gasteiger partial charge >= 0.3 is 12.4 Å². The van der Waals surface area contributed by atoms with Gasteiger partial charge in [0.25, 0.3) is 5.69 Å². The van der Waals surface area contributed by atoms with Crippen molar-refractivity contribution in [3.8, 4) is 0 Å². The Morgan fingerprint density at radius 1 is 0.951 bits per heavy atom. The lowest BCUT2D eigenvalue weighted by molar-refractivity contribution is -0.388. The van der Waals surface area contributed by atoms with E-state index in [1.807, 2.05) is 4.90 Å². The van der Waals surface area contributed by atoms with Crippen molar-refractivity contribution in [1.29, 1.82) is 0 Å². The zero-order valence-electron chi connectivity index (χ0n) is 22.4. The number of amides is 1. The monoisotopic (exact) mass is 587 g/mol. The Morgan fingerprint density at radius 3 is 2.20 bits per heavy atom. The molecule has 0 unspecified atom stereocenters. The van der Waals surface area contributed by atoms with Gasteiger partial charge in [-0.15, -0.1) is 0 Å². The summed E-state index contributed by atoms with van der Waals surface area (Å²) in [6, 6.07) is 6.68. The molecule has 4 rings (SSSR count). The fourth-order valence-electron chi connectivity index (χ4n) is 5.27. The Labute approximate surface area is 233 Å². The van der Waals surface area contributed by atoms with E-state index < -0.39 is 34.1 Å². The maximum Gasteiger partial charge on any atom is 0.423 e. The molecule has 1 N–H and O–H groups in total. The molecule has 0 radical (unpaired) electrons. The molecule has 0 atom stereocenters. The molecule has 2 aromatic rings. The minimum Gasteiger partial charge on any atom is -0.382 e. The molecule has 2 heterocycles. The Balaban J connectivity index is 1.22. The lowest BCUT2D eigenvalue weighted by Gasteiger charge is -2.37. The minimum atomic E-state index is -4.86. The van der Waals surface area contributed by atoms with Crippen molar-refractivity contribution in [3.63, 3.8) is 0 Å². The number of halogens is 6. The van der Waals surface area contributed by atoms with Gasteiger partial charge < -0.3 is 15.1 Å². The van der Waals surface area contributed by atoms with Crippen LogP contribution in [0.3, 0.4) is 0 Å². The SMILES string of the molecule is Cc1cc(N2CCN(CCC(=O)N3CCC(Nc4ccc([N+](=O)[O-])c(C(F)(F)F)c4)CC3)CC2)cc(C(F)(F)F)c1. The molecule has 8 nitrogen and oxygen atoms in total. The summed E-state index contributed by atoms with van der Waals surface area (Å²) in [5.41, 5.74) is -1.78. The summed E-state index contributed by atoms with van der Waals surface area (Å²) >= 11 is 0. The predicted octanol–water partition coefficient (Wildman–Crippen LogP) is 5.56. The molecule has 2 aromatic carbocycles. The highest BCUT2D eigenvalue weighted by atomic mass is 19.4. The molecule has 2 aliphatic rings. The van der Waals surface area contributed by atoms with E-state index >= 15 is 0 Å². The van der Waals surface area contributed by atoms with Crippen LogP contribution >= 0.6 is 0 Å². The zero-order valence-corrected chi connectivity index (χ0v) is 22.4. The Kier molecular flexibility index (Phi) is 9.00. The Morgan fingerprint density at radius 2 is 1.61 bits per heavy atom. The molecule has 2 aliphatic heterocycles. The molecule has 0 saturated carbocycles. The van der Waals surface area contributed by atoms with Gasteiger partial charge in [-0.3, -0.25) is 19.8 Å². The van der Waals surface area contributed by atoms with Gasteiger partial charge in [0, 0.05) is 75.7 Å². The molecular weight excluding hydrogens is 556 g/mol. The molecule has 1 amide bonds. The summed E-state index contributed by atoms with van der Waals surface area (Å²) < 4.78 is 79.4. The number of likely N-dealkylation sites (tertiary alicyclic amines) is 1. The first-order chi connectivity index (χ1) is 19.2. The maximum atomic E-state index is 13.3. The van der Waals surface area contributed by atoms with E-state index in [0.717, 1.165) is 18.2 Å². The van der Waals surface area contributed by atoms with Crippen LogP contribution in [0.1, 0.15) is 36.0 Å². The third kappa shape index (κ3) is 7.80. The summed E-state index contributed by atoms with van der Waals surface area (Å²) in [6.07, 6.45) is -7.95. The fraction of sp³-hybridized carbons (Fsp3) is 0.519. The fourth-order valence-corrected chi connectivity index (χ4v) is 5.27. The number of nitro groups is 1. The lowest BCUT2D eigenvalue weighted by atomic mass is 10.0. The van der Waals surface area contributed by atoms with Crippen molar-refractivity contribution in [1.82, 2.24) is 9.80 Å². The zero-order chi connectivity index (χ0) is 29.9. The number of piperidine rings is 1. The summed E-state index contributed by atoms with van der Waals surface area (Å²) in [5, 5.41) is 14.0. The molecule has 2 saturated heterocycles. The number of piperazine rings is 1. The standard InChI is InChI=1S/C27H31F6N5O3/c1-18-14-19(26(28,29)30)16-22(15-18)36-12-10-35(11-13-36)7-6-25(39)37-8-4-20(5-9-37)34-21-2-3-24(38(40)41)23(17-21)27(31,32)33/h2-3,14-17,20,34H,4-13H2,1H3. The van der Waals surface area contributed by atoms with Crippen LogP contribution in [-0.2, 0) is 17.1 Å². The van der Waals surface area contributed by atoms with Crippen LogP contribution in [0.4, 0.5) is 43.4 Å². The molecular formula is C27H31F6N5O3. The summed E-state index contributed by atoms with van der Waals surface area (Å²) in [6.45, 7) is 5.34.